The van der Waals surface area contributed by atoms with Crippen LogP contribution in [-0.2, 0) is 9.53 Å². The zero-order valence-electron chi connectivity index (χ0n) is 7.66. The molecule has 0 radical (unpaired) electrons. The largest absolute Gasteiger partial charge is 0.468 e. The van der Waals surface area contributed by atoms with Crippen LogP contribution in [-0.4, -0.2) is 30.2 Å². The number of carbonyl (C=O) groups excluding carboxylic acids is 1. The molecule has 1 rings (SSSR count). The second-order valence-corrected chi connectivity index (χ2v) is 4.41. The average molecular weight is 189 g/mol. The average Bonchev–Trinajstić information content (AvgIpc) is 2.51. The first-order valence-electron chi connectivity index (χ1n) is 4.10. The van der Waals surface area contributed by atoms with Crippen LogP contribution >= 0.6 is 11.8 Å². The Bertz CT molecular complexity index is 172. The van der Waals surface area contributed by atoms with Crippen molar-refractivity contribution < 1.29 is 9.53 Å². The van der Waals surface area contributed by atoms with Gasteiger partial charge in [0.2, 0.25) is 0 Å². The molecule has 1 aliphatic heterocycles. The van der Waals surface area contributed by atoms with Crippen molar-refractivity contribution in [1.29, 1.82) is 0 Å². The van der Waals surface area contributed by atoms with Crippen LogP contribution in [0.2, 0.25) is 0 Å². The van der Waals surface area contributed by atoms with E-state index >= 15 is 0 Å². The molecule has 1 aliphatic rings. The lowest BCUT2D eigenvalue weighted by molar-refractivity contribution is -0.142. The molecule has 2 atom stereocenters. The highest BCUT2D eigenvalue weighted by Gasteiger charge is 2.31. The van der Waals surface area contributed by atoms with E-state index in [0.29, 0.717) is 11.3 Å². The van der Waals surface area contributed by atoms with Crippen LogP contribution in [0.3, 0.4) is 0 Å². The van der Waals surface area contributed by atoms with Gasteiger partial charge in [-0.25, -0.2) is 0 Å². The second-order valence-electron chi connectivity index (χ2n) is 3.24. The number of hydrogen-bond donors (Lipinski definition) is 1. The van der Waals surface area contributed by atoms with Crippen molar-refractivity contribution in [3.8, 4) is 0 Å². The number of esters is 1. The number of hydrogen-bond acceptors (Lipinski definition) is 4. The zero-order valence-corrected chi connectivity index (χ0v) is 8.48. The maximum atomic E-state index is 11.1. The number of nitrogens with one attached hydrogen (secondary N) is 1. The van der Waals surface area contributed by atoms with E-state index in [0.717, 1.165) is 5.75 Å². The minimum Gasteiger partial charge on any atom is -0.468 e. The fraction of sp³-hybridized carbons (Fsp3) is 0.875. The first-order chi connectivity index (χ1) is 5.65. The Morgan fingerprint density at radius 1 is 1.67 bits per heavy atom. The van der Waals surface area contributed by atoms with Crippen molar-refractivity contribution >= 4 is 17.7 Å². The van der Waals surface area contributed by atoms with Crippen molar-refractivity contribution in [1.82, 2.24) is 5.32 Å². The van der Waals surface area contributed by atoms with Crippen molar-refractivity contribution in [2.75, 3.05) is 12.9 Å². The minimum atomic E-state index is -0.148. The third-order valence-corrected chi connectivity index (χ3v) is 3.46. The van der Waals surface area contributed by atoms with Gasteiger partial charge in [0.05, 0.1) is 12.5 Å². The molecule has 0 aromatic carbocycles. The summed E-state index contributed by atoms with van der Waals surface area (Å²) in [7, 11) is 1.43. The van der Waals surface area contributed by atoms with Gasteiger partial charge in [-0.1, -0.05) is 13.8 Å². The Morgan fingerprint density at radius 2 is 2.33 bits per heavy atom. The van der Waals surface area contributed by atoms with Crippen LogP contribution in [0.4, 0.5) is 0 Å². The zero-order chi connectivity index (χ0) is 9.14. The van der Waals surface area contributed by atoms with Crippen LogP contribution in [0.1, 0.15) is 13.8 Å². The molecule has 0 aliphatic carbocycles. The first kappa shape index (κ1) is 9.86. The molecule has 1 heterocycles. The number of rotatable bonds is 2. The number of ether oxygens (including phenoxy) is 1. The fourth-order valence-corrected chi connectivity index (χ4v) is 2.44. The standard InChI is InChI=1S/C8H15NO2S/c1-5(2)7-9-6(4-12-7)8(10)11-3/h5-7,9H,4H2,1-3H3. The molecular weight excluding hydrogens is 174 g/mol. The molecule has 12 heavy (non-hydrogen) atoms. The summed E-state index contributed by atoms with van der Waals surface area (Å²) in [5, 5.41) is 3.63. The van der Waals surface area contributed by atoms with E-state index in [9.17, 15) is 4.79 Å². The lowest BCUT2D eigenvalue weighted by Gasteiger charge is -2.14. The summed E-state index contributed by atoms with van der Waals surface area (Å²) < 4.78 is 4.65. The Morgan fingerprint density at radius 3 is 2.75 bits per heavy atom. The van der Waals surface area contributed by atoms with Crippen molar-refractivity contribution in [2.45, 2.75) is 25.3 Å². The summed E-state index contributed by atoms with van der Waals surface area (Å²) in [4.78, 5) is 11.1. The number of methoxy groups -OCH3 is 1. The van der Waals surface area contributed by atoms with E-state index < -0.39 is 0 Å². The molecule has 0 aromatic rings. The highest BCUT2D eigenvalue weighted by atomic mass is 32.2. The van der Waals surface area contributed by atoms with E-state index in [1.807, 2.05) is 0 Å². The van der Waals surface area contributed by atoms with E-state index in [4.69, 9.17) is 0 Å². The van der Waals surface area contributed by atoms with Crippen LogP contribution < -0.4 is 5.32 Å². The summed E-state index contributed by atoms with van der Waals surface area (Å²) in [6.45, 7) is 4.29. The first-order valence-corrected chi connectivity index (χ1v) is 5.15. The molecule has 2 unspecified atom stereocenters. The predicted molar refractivity (Wildman–Crippen MR) is 50.0 cm³/mol. The number of thioether (sulfide) groups is 1. The molecule has 1 N–H and O–H groups in total. The van der Waals surface area contributed by atoms with Gasteiger partial charge < -0.3 is 4.74 Å². The SMILES string of the molecule is COC(=O)C1CSC(C(C)C)N1. The molecule has 4 heteroatoms. The lowest BCUT2D eigenvalue weighted by Crippen LogP contribution is -2.39. The molecular formula is C8H15NO2S. The van der Waals surface area contributed by atoms with Crippen LogP contribution in [0.15, 0.2) is 0 Å². The highest BCUT2D eigenvalue weighted by Crippen LogP contribution is 2.24. The topological polar surface area (TPSA) is 38.3 Å². The van der Waals surface area contributed by atoms with Crippen molar-refractivity contribution in [3.63, 3.8) is 0 Å². The van der Waals surface area contributed by atoms with Crippen LogP contribution in [0.5, 0.6) is 0 Å². The quantitative estimate of drug-likeness (QED) is 0.653. The minimum absolute atomic E-state index is 0.104. The Kier molecular flexibility index (Phi) is 3.40. The van der Waals surface area contributed by atoms with Crippen molar-refractivity contribution in [2.24, 2.45) is 5.92 Å². The molecule has 1 fully saturated rings. The van der Waals surface area contributed by atoms with Crippen LogP contribution in [0.25, 0.3) is 0 Å². The molecule has 70 valence electrons. The Balaban J connectivity index is 2.40. The molecule has 3 nitrogen and oxygen atoms in total. The van der Waals surface area contributed by atoms with E-state index in [2.05, 4.69) is 23.9 Å². The normalized spacial score (nSPS) is 29.3. The summed E-state index contributed by atoms with van der Waals surface area (Å²) in [5.74, 6) is 1.24. The molecule has 0 spiro atoms. The lowest BCUT2D eigenvalue weighted by atomic mass is 10.2. The van der Waals surface area contributed by atoms with Gasteiger partial charge in [0.15, 0.2) is 0 Å². The van der Waals surface area contributed by atoms with Gasteiger partial charge in [-0.3, -0.25) is 10.1 Å². The van der Waals surface area contributed by atoms with Gasteiger partial charge >= 0.3 is 5.97 Å². The molecule has 0 bridgehead atoms. The monoisotopic (exact) mass is 189 g/mol. The molecule has 0 amide bonds. The molecule has 0 aromatic heterocycles. The Hall–Kier alpha value is -0.220. The summed E-state index contributed by atoms with van der Waals surface area (Å²) >= 11 is 1.79. The van der Waals surface area contributed by atoms with Gasteiger partial charge in [0.1, 0.15) is 6.04 Å². The van der Waals surface area contributed by atoms with E-state index in [-0.39, 0.29) is 12.0 Å². The van der Waals surface area contributed by atoms with Gasteiger partial charge in [0, 0.05) is 5.75 Å². The second kappa shape index (κ2) is 4.14. The third kappa shape index (κ3) is 2.14. The smallest absolute Gasteiger partial charge is 0.323 e. The van der Waals surface area contributed by atoms with E-state index in [1.54, 1.807) is 11.8 Å². The van der Waals surface area contributed by atoms with Gasteiger partial charge in [-0.15, -0.1) is 11.8 Å². The molecule has 0 saturated carbocycles. The number of carbonyl (C=O) groups is 1. The summed E-state index contributed by atoms with van der Waals surface area (Å²) in [5.41, 5.74) is 0. The van der Waals surface area contributed by atoms with Gasteiger partial charge in [-0.2, -0.15) is 0 Å². The van der Waals surface area contributed by atoms with Crippen LogP contribution in [0, 0.1) is 5.92 Å². The van der Waals surface area contributed by atoms with Crippen molar-refractivity contribution in [3.05, 3.63) is 0 Å². The molecule has 1 saturated heterocycles. The highest BCUT2D eigenvalue weighted by molar-refractivity contribution is 8.00. The predicted octanol–water partition coefficient (Wildman–Crippen LogP) is 0.846. The summed E-state index contributed by atoms with van der Waals surface area (Å²) in [6.07, 6.45) is 0. The summed E-state index contributed by atoms with van der Waals surface area (Å²) in [6, 6.07) is -0.104. The van der Waals surface area contributed by atoms with E-state index in [1.165, 1.54) is 7.11 Å². The van der Waals surface area contributed by atoms with Gasteiger partial charge in [-0.05, 0) is 5.92 Å². The third-order valence-electron chi connectivity index (χ3n) is 1.90. The maximum Gasteiger partial charge on any atom is 0.323 e. The maximum absolute atomic E-state index is 11.1. The fourth-order valence-electron chi connectivity index (χ4n) is 1.16. The Labute approximate surface area is 77.2 Å². The van der Waals surface area contributed by atoms with Gasteiger partial charge in [0.25, 0.3) is 0 Å².